The number of nitrogens with one attached hydrogen (secondary N) is 1. The Labute approximate surface area is 140 Å². The van der Waals surface area contributed by atoms with Gasteiger partial charge in [-0.2, -0.15) is 0 Å². The van der Waals surface area contributed by atoms with Crippen LogP contribution in [0.25, 0.3) is 0 Å². The minimum Gasteiger partial charge on any atom is -0.350 e. The molecule has 6 heteroatoms. The van der Waals surface area contributed by atoms with Crippen molar-refractivity contribution in [2.24, 2.45) is 11.8 Å². The standard InChI is InChI=1S/C17H19ClN2O3/c18-12-7-5-11(6-8-12)9-19-15(21)10-20-16(22)13-3-1-2-4-14(13)17(20)23/h5-8,13-14H,1-4,9-10H2,(H,19,21). The molecule has 1 aromatic rings. The summed E-state index contributed by atoms with van der Waals surface area (Å²) in [5.41, 5.74) is 0.912. The first-order valence-electron chi connectivity index (χ1n) is 7.92. The van der Waals surface area contributed by atoms with Gasteiger partial charge in [0.1, 0.15) is 6.54 Å². The molecule has 1 aliphatic heterocycles. The Morgan fingerprint density at radius 1 is 1.09 bits per heavy atom. The van der Waals surface area contributed by atoms with Crippen molar-refractivity contribution < 1.29 is 14.4 Å². The van der Waals surface area contributed by atoms with E-state index < -0.39 is 0 Å². The quantitative estimate of drug-likeness (QED) is 0.858. The van der Waals surface area contributed by atoms with Crippen molar-refractivity contribution in [1.29, 1.82) is 0 Å². The van der Waals surface area contributed by atoms with Gasteiger partial charge in [-0.15, -0.1) is 0 Å². The highest BCUT2D eigenvalue weighted by Gasteiger charge is 2.48. The van der Waals surface area contributed by atoms with Gasteiger partial charge < -0.3 is 5.32 Å². The molecule has 1 saturated heterocycles. The number of halogens is 1. The summed E-state index contributed by atoms with van der Waals surface area (Å²) >= 11 is 5.81. The maximum Gasteiger partial charge on any atom is 0.240 e. The first-order valence-corrected chi connectivity index (χ1v) is 8.30. The second kappa shape index (κ2) is 6.71. The second-order valence-electron chi connectivity index (χ2n) is 6.16. The van der Waals surface area contributed by atoms with Gasteiger partial charge in [0.2, 0.25) is 17.7 Å². The van der Waals surface area contributed by atoms with Gasteiger partial charge in [0.15, 0.2) is 0 Å². The summed E-state index contributed by atoms with van der Waals surface area (Å²) in [7, 11) is 0. The molecule has 2 fully saturated rings. The van der Waals surface area contributed by atoms with E-state index >= 15 is 0 Å². The first-order chi connectivity index (χ1) is 11.1. The van der Waals surface area contributed by atoms with E-state index in [0.29, 0.717) is 11.6 Å². The summed E-state index contributed by atoms with van der Waals surface area (Å²) in [6.45, 7) is 0.164. The largest absolute Gasteiger partial charge is 0.350 e. The molecule has 0 spiro atoms. The Balaban J connectivity index is 1.56. The van der Waals surface area contributed by atoms with Gasteiger partial charge in [0.05, 0.1) is 11.8 Å². The van der Waals surface area contributed by atoms with Crippen LogP contribution in [0.5, 0.6) is 0 Å². The van der Waals surface area contributed by atoms with E-state index in [-0.39, 0.29) is 36.1 Å². The molecule has 0 aromatic heterocycles. The molecule has 0 radical (unpaired) electrons. The zero-order valence-electron chi connectivity index (χ0n) is 12.8. The zero-order chi connectivity index (χ0) is 16.4. The van der Waals surface area contributed by atoms with E-state index in [0.717, 1.165) is 36.1 Å². The Morgan fingerprint density at radius 3 is 2.22 bits per heavy atom. The van der Waals surface area contributed by atoms with Gasteiger partial charge in [-0.1, -0.05) is 36.6 Å². The predicted molar refractivity (Wildman–Crippen MR) is 85.5 cm³/mol. The van der Waals surface area contributed by atoms with Crippen molar-refractivity contribution in [3.8, 4) is 0 Å². The van der Waals surface area contributed by atoms with Gasteiger partial charge in [-0.25, -0.2) is 0 Å². The van der Waals surface area contributed by atoms with Crippen LogP contribution in [0.3, 0.4) is 0 Å². The summed E-state index contributed by atoms with van der Waals surface area (Å²) in [4.78, 5) is 37.8. The molecule has 2 unspecified atom stereocenters. The third-order valence-electron chi connectivity index (χ3n) is 4.64. The second-order valence-corrected chi connectivity index (χ2v) is 6.60. The van der Waals surface area contributed by atoms with Crippen molar-refractivity contribution in [3.63, 3.8) is 0 Å². The van der Waals surface area contributed by atoms with Crippen molar-refractivity contribution in [2.45, 2.75) is 32.2 Å². The summed E-state index contributed by atoms with van der Waals surface area (Å²) in [5, 5.41) is 3.37. The molecule has 3 amide bonds. The molecule has 23 heavy (non-hydrogen) atoms. The molecule has 1 N–H and O–H groups in total. The lowest BCUT2D eigenvalue weighted by atomic mass is 9.81. The summed E-state index contributed by atoms with van der Waals surface area (Å²) in [5.74, 6) is -1.09. The number of imide groups is 1. The SMILES string of the molecule is O=C(CN1C(=O)C2CCCCC2C1=O)NCc1ccc(Cl)cc1. The van der Waals surface area contributed by atoms with Crippen molar-refractivity contribution in [3.05, 3.63) is 34.9 Å². The van der Waals surface area contributed by atoms with Gasteiger partial charge in [-0.3, -0.25) is 19.3 Å². The lowest BCUT2D eigenvalue weighted by Gasteiger charge is -2.19. The number of rotatable bonds is 4. The third-order valence-corrected chi connectivity index (χ3v) is 4.89. The highest BCUT2D eigenvalue weighted by molar-refractivity contribution is 6.30. The highest BCUT2D eigenvalue weighted by atomic mass is 35.5. The maximum atomic E-state index is 12.3. The van der Waals surface area contributed by atoms with Crippen LogP contribution >= 0.6 is 11.6 Å². The minimum atomic E-state index is -0.319. The average Bonchev–Trinajstić information content (AvgIpc) is 2.80. The molecule has 122 valence electrons. The lowest BCUT2D eigenvalue weighted by Crippen LogP contribution is -2.40. The number of amides is 3. The molecule has 2 aliphatic rings. The minimum absolute atomic E-state index is 0.179. The number of carbonyl (C=O) groups is 3. The fourth-order valence-corrected chi connectivity index (χ4v) is 3.52. The molecular formula is C17H19ClN2O3. The average molecular weight is 335 g/mol. The van der Waals surface area contributed by atoms with Crippen molar-refractivity contribution in [1.82, 2.24) is 10.2 Å². The fourth-order valence-electron chi connectivity index (χ4n) is 3.39. The number of nitrogens with zero attached hydrogens (tertiary/aromatic N) is 1. The van der Waals surface area contributed by atoms with Crippen molar-refractivity contribution >= 4 is 29.3 Å². The molecule has 1 heterocycles. The summed E-state index contributed by atoms with van der Waals surface area (Å²) in [6, 6.07) is 7.15. The smallest absolute Gasteiger partial charge is 0.240 e. The van der Waals surface area contributed by atoms with E-state index in [1.807, 2.05) is 12.1 Å². The summed E-state index contributed by atoms with van der Waals surface area (Å²) < 4.78 is 0. The number of fused-ring (bicyclic) bond motifs is 1. The molecule has 1 aliphatic carbocycles. The van der Waals surface area contributed by atoms with E-state index in [4.69, 9.17) is 11.6 Å². The van der Waals surface area contributed by atoms with Gasteiger partial charge >= 0.3 is 0 Å². The van der Waals surface area contributed by atoms with Gasteiger partial charge in [0, 0.05) is 11.6 Å². The molecule has 1 saturated carbocycles. The molecule has 5 nitrogen and oxygen atoms in total. The maximum absolute atomic E-state index is 12.3. The van der Waals surface area contributed by atoms with Crippen molar-refractivity contribution in [2.75, 3.05) is 6.54 Å². The van der Waals surface area contributed by atoms with Crippen LogP contribution in [0, 0.1) is 11.8 Å². The lowest BCUT2D eigenvalue weighted by molar-refractivity contribution is -0.143. The predicted octanol–water partition coefficient (Wildman–Crippen LogP) is 2.13. The number of carbonyl (C=O) groups excluding carboxylic acids is 3. The molecule has 0 bridgehead atoms. The number of hydrogen-bond acceptors (Lipinski definition) is 3. The normalized spacial score (nSPS) is 23.8. The van der Waals surface area contributed by atoms with E-state index in [1.165, 1.54) is 0 Å². The van der Waals surface area contributed by atoms with Crippen LogP contribution in [0.15, 0.2) is 24.3 Å². The van der Waals surface area contributed by atoms with Crippen LogP contribution in [0.4, 0.5) is 0 Å². The first kappa shape index (κ1) is 16.0. The van der Waals surface area contributed by atoms with Crippen LogP contribution in [0.1, 0.15) is 31.2 Å². The molecule has 1 aromatic carbocycles. The Bertz CT molecular complexity index is 605. The van der Waals surface area contributed by atoms with Gasteiger partial charge in [-0.05, 0) is 30.5 Å². The topological polar surface area (TPSA) is 66.5 Å². The van der Waals surface area contributed by atoms with Crippen LogP contribution in [0.2, 0.25) is 5.02 Å². The molecular weight excluding hydrogens is 316 g/mol. The van der Waals surface area contributed by atoms with Crippen LogP contribution in [-0.2, 0) is 20.9 Å². The fraction of sp³-hybridized carbons (Fsp3) is 0.471. The molecule has 2 atom stereocenters. The Hall–Kier alpha value is -1.88. The van der Waals surface area contributed by atoms with Crippen LogP contribution in [-0.4, -0.2) is 29.2 Å². The third kappa shape index (κ3) is 3.39. The Morgan fingerprint density at radius 2 is 1.65 bits per heavy atom. The van der Waals surface area contributed by atoms with E-state index in [2.05, 4.69) is 5.32 Å². The Kier molecular flexibility index (Phi) is 4.66. The number of hydrogen-bond donors (Lipinski definition) is 1. The number of benzene rings is 1. The van der Waals surface area contributed by atoms with E-state index in [1.54, 1.807) is 12.1 Å². The number of likely N-dealkylation sites (tertiary alicyclic amines) is 1. The zero-order valence-corrected chi connectivity index (χ0v) is 13.5. The van der Waals surface area contributed by atoms with E-state index in [9.17, 15) is 14.4 Å². The highest BCUT2D eigenvalue weighted by Crippen LogP contribution is 2.37. The monoisotopic (exact) mass is 334 g/mol. The van der Waals surface area contributed by atoms with Gasteiger partial charge in [0.25, 0.3) is 0 Å². The summed E-state index contributed by atoms with van der Waals surface area (Å²) in [6.07, 6.45) is 3.49. The van der Waals surface area contributed by atoms with Crippen LogP contribution < -0.4 is 5.32 Å². The molecule has 3 rings (SSSR count).